The van der Waals surface area contributed by atoms with Crippen molar-refractivity contribution >= 4 is 11.9 Å². The van der Waals surface area contributed by atoms with Crippen molar-refractivity contribution in [2.45, 2.75) is 108 Å². The van der Waals surface area contributed by atoms with Crippen LogP contribution in [0.15, 0.2) is 12.2 Å². The monoisotopic (exact) mass is 410 g/mol. The van der Waals surface area contributed by atoms with Gasteiger partial charge in [0.25, 0.3) is 0 Å². The van der Waals surface area contributed by atoms with Gasteiger partial charge in [0.1, 0.15) is 17.3 Å². The summed E-state index contributed by atoms with van der Waals surface area (Å²) in [7, 11) is 0. The molecule has 164 valence electrons. The highest BCUT2D eigenvalue weighted by atomic mass is 16.6. The molecule has 7 nitrogen and oxygen atoms in total. The summed E-state index contributed by atoms with van der Waals surface area (Å²) in [6.07, 6.45) is 1.30. The molecule has 0 aromatic rings. The molecule has 0 aliphatic carbocycles. The smallest absolute Gasteiger partial charge is 0.334 e. The Bertz CT molecular complexity index is 687. The van der Waals surface area contributed by atoms with E-state index in [0.717, 1.165) is 0 Å². The van der Waals surface area contributed by atoms with Crippen LogP contribution >= 0.6 is 0 Å². The van der Waals surface area contributed by atoms with Gasteiger partial charge in [-0.3, -0.25) is 4.79 Å². The fourth-order valence-electron chi connectivity index (χ4n) is 4.94. The molecule has 7 heteroatoms. The second kappa shape index (κ2) is 7.67. The third-order valence-electron chi connectivity index (χ3n) is 7.19. The Balaban J connectivity index is 2.00. The number of aliphatic hydroxyl groups is 2. The quantitative estimate of drug-likeness (QED) is 0.505. The van der Waals surface area contributed by atoms with Crippen LogP contribution < -0.4 is 0 Å². The van der Waals surface area contributed by atoms with Gasteiger partial charge in [0.15, 0.2) is 0 Å². The fourth-order valence-corrected chi connectivity index (χ4v) is 4.94. The third-order valence-corrected chi connectivity index (χ3v) is 7.19. The van der Waals surface area contributed by atoms with Crippen molar-refractivity contribution in [3.8, 4) is 0 Å². The highest BCUT2D eigenvalue weighted by Crippen LogP contribution is 2.45. The first-order valence-electron chi connectivity index (χ1n) is 10.5. The molecule has 3 rings (SSSR count). The van der Waals surface area contributed by atoms with Gasteiger partial charge in [-0.2, -0.15) is 0 Å². The Hall–Kier alpha value is -1.44. The van der Waals surface area contributed by atoms with E-state index in [1.807, 2.05) is 6.92 Å². The summed E-state index contributed by atoms with van der Waals surface area (Å²) in [5.41, 5.74) is -2.65. The van der Waals surface area contributed by atoms with Crippen LogP contribution in [0.2, 0.25) is 0 Å². The average Bonchev–Trinajstić information content (AvgIpc) is 3.00. The Kier molecular flexibility index (Phi) is 5.89. The largest absolute Gasteiger partial charge is 0.459 e. The van der Waals surface area contributed by atoms with Crippen LogP contribution in [0.3, 0.4) is 0 Å². The summed E-state index contributed by atoms with van der Waals surface area (Å²) < 4.78 is 17.6. The van der Waals surface area contributed by atoms with Gasteiger partial charge in [-0.1, -0.05) is 6.58 Å². The van der Waals surface area contributed by atoms with Gasteiger partial charge in [0.2, 0.25) is 0 Å². The summed E-state index contributed by atoms with van der Waals surface area (Å²) in [6.45, 7) is 10.6. The van der Waals surface area contributed by atoms with E-state index >= 15 is 0 Å². The van der Waals surface area contributed by atoms with Crippen LogP contribution in [0.25, 0.3) is 0 Å². The summed E-state index contributed by atoms with van der Waals surface area (Å²) in [4.78, 5) is 24.5. The van der Waals surface area contributed by atoms with Gasteiger partial charge in [-0.05, 0) is 71.6 Å². The fraction of sp³-hybridized carbons (Fsp3) is 0.818. The summed E-state index contributed by atoms with van der Waals surface area (Å²) in [5, 5.41) is 21.9. The van der Waals surface area contributed by atoms with E-state index in [1.165, 1.54) is 6.92 Å². The van der Waals surface area contributed by atoms with Crippen LogP contribution in [-0.4, -0.2) is 57.3 Å². The second-order valence-corrected chi connectivity index (χ2v) is 9.67. The van der Waals surface area contributed by atoms with Crippen LogP contribution in [0, 0.1) is 5.92 Å². The van der Waals surface area contributed by atoms with E-state index < -0.39 is 47.1 Å². The molecule has 0 saturated carbocycles. The molecule has 0 spiro atoms. The molecule has 3 aliphatic heterocycles. The van der Waals surface area contributed by atoms with Crippen LogP contribution in [0.5, 0.6) is 0 Å². The minimum absolute atomic E-state index is 0.249. The van der Waals surface area contributed by atoms with E-state index in [4.69, 9.17) is 14.2 Å². The Labute approximate surface area is 172 Å². The maximum absolute atomic E-state index is 12.7. The van der Waals surface area contributed by atoms with Crippen LogP contribution in [0.1, 0.15) is 72.6 Å². The summed E-state index contributed by atoms with van der Waals surface area (Å²) >= 11 is 0. The van der Waals surface area contributed by atoms with Crippen molar-refractivity contribution in [2.75, 3.05) is 0 Å². The first-order chi connectivity index (χ1) is 13.4. The van der Waals surface area contributed by atoms with Crippen molar-refractivity contribution in [2.24, 2.45) is 5.92 Å². The zero-order chi connectivity index (χ0) is 21.6. The lowest BCUT2D eigenvalue weighted by molar-refractivity contribution is -0.187. The predicted molar refractivity (Wildman–Crippen MR) is 105 cm³/mol. The Morgan fingerprint density at radius 1 is 1.14 bits per heavy atom. The summed E-state index contributed by atoms with van der Waals surface area (Å²) in [6, 6.07) is 0. The molecular formula is C22H34O7. The SMILES string of the molecule is C=C1C(=O)O[C@]2(C)CC[C@@H]1C[C@H](OC(C)=O)[C@@]1(C)CC[C@H](O1)[C@](C)(O)CC[C@H]2O. The van der Waals surface area contributed by atoms with Crippen molar-refractivity contribution in [3.63, 3.8) is 0 Å². The number of esters is 2. The Morgan fingerprint density at radius 2 is 1.79 bits per heavy atom. The molecule has 3 saturated heterocycles. The van der Waals surface area contributed by atoms with Gasteiger partial charge < -0.3 is 24.4 Å². The molecule has 29 heavy (non-hydrogen) atoms. The van der Waals surface area contributed by atoms with Gasteiger partial charge >= 0.3 is 11.9 Å². The number of carbonyl (C=O) groups excluding carboxylic acids is 2. The molecule has 2 N–H and O–H groups in total. The molecule has 3 heterocycles. The molecule has 0 amide bonds. The number of rotatable bonds is 1. The molecular weight excluding hydrogens is 376 g/mol. The maximum atomic E-state index is 12.7. The number of aliphatic hydroxyl groups excluding tert-OH is 1. The second-order valence-electron chi connectivity index (χ2n) is 9.67. The minimum Gasteiger partial charge on any atom is -0.459 e. The van der Waals surface area contributed by atoms with Crippen molar-refractivity contribution in [1.29, 1.82) is 0 Å². The molecule has 3 fully saturated rings. The normalized spacial score (nSPS) is 46.1. The number of hydrogen-bond acceptors (Lipinski definition) is 7. The molecule has 7 atom stereocenters. The van der Waals surface area contributed by atoms with Crippen molar-refractivity contribution in [1.82, 2.24) is 0 Å². The van der Waals surface area contributed by atoms with Crippen molar-refractivity contribution in [3.05, 3.63) is 12.2 Å². The lowest BCUT2D eigenvalue weighted by Gasteiger charge is -2.38. The number of ether oxygens (including phenoxy) is 3. The van der Waals surface area contributed by atoms with Crippen LogP contribution in [0.4, 0.5) is 0 Å². The highest BCUT2D eigenvalue weighted by Gasteiger charge is 2.52. The molecule has 0 radical (unpaired) electrons. The van der Waals surface area contributed by atoms with Gasteiger partial charge in [0, 0.05) is 12.5 Å². The first-order valence-corrected chi connectivity index (χ1v) is 10.5. The average molecular weight is 411 g/mol. The van der Waals surface area contributed by atoms with E-state index in [1.54, 1.807) is 13.8 Å². The van der Waals surface area contributed by atoms with E-state index in [0.29, 0.717) is 44.1 Å². The zero-order valence-corrected chi connectivity index (χ0v) is 17.9. The van der Waals surface area contributed by atoms with Crippen molar-refractivity contribution < 1.29 is 34.0 Å². The topological polar surface area (TPSA) is 102 Å². The van der Waals surface area contributed by atoms with E-state index in [9.17, 15) is 19.8 Å². The van der Waals surface area contributed by atoms with Gasteiger partial charge in [-0.25, -0.2) is 4.79 Å². The van der Waals surface area contributed by atoms with E-state index in [-0.39, 0.29) is 12.3 Å². The van der Waals surface area contributed by atoms with E-state index in [2.05, 4.69) is 6.58 Å². The lowest BCUT2D eigenvalue weighted by atomic mass is 9.79. The zero-order valence-electron chi connectivity index (χ0n) is 17.9. The third kappa shape index (κ3) is 4.37. The lowest BCUT2D eigenvalue weighted by Crippen LogP contribution is -2.48. The molecule has 4 bridgehead atoms. The molecule has 0 unspecified atom stereocenters. The number of carbonyl (C=O) groups is 2. The maximum Gasteiger partial charge on any atom is 0.334 e. The van der Waals surface area contributed by atoms with Crippen LogP contribution in [-0.2, 0) is 23.8 Å². The Morgan fingerprint density at radius 3 is 2.45 bits per heavy atom. The standard InChI is InChI=1S/C22H34O7/c1-13-15-6-10-21(4,29-19(13)25)16(24)7-9-20(3,26)17-8-11-22(5,28-17)18(12-15)27-14(2)23/h15-18,24,26H,1,6-12H2,2-5H3/t15-,16-,17+,18+,20-,21-,22-/m1/s1. The molecule has 0 aromatic heterocycles. The predicted octanol–water partition coefficient (Wildman–Crippen LogP) is 2.42. The van der Waals surface area contributed by atoms with Gasteiger partial charge in [-0.15, -0.1) is 0 Å². The molecule has 0 aromatic carbocycles. The summed E-state index contributed by atoms with van der Waals surface area (Å²) in [5.74, 6) is -1.20. The highest BCUT2D eigenvalue weighted by molar-refractivity contribution is 5.89. The number of hydrogen-bond donors (Lipinski definition) is 2. The molecule has 3 aliphatic rings. The minimum atomic E-state index is -1.16. The van der Waals surface area contributed by atoms with Gasteiger partial charge in [0.05, 0.1) is 17.8 Å². The first kappa shape index (κ1) is 22.2. The number of fused-ring (bicyclic) bond motifs is 5.